The highest BCUT2D eigenvalue weighted by Gasteiger charge is 2.48. The summed E-state index contributed by atoms with van der Waals surface area (Å²) in [6.45, 7) is 2.38. The molecule has 6 nitrogen and oxygen atoms in total. The molecule has 2 heterocycles. The molecular weight excluding hydrogens is 408 g/mol. The van der Waals surface area contributed by atoms with Gasteiger partial charge in [-0.15, -0.1) is 5.10 Å². The summed E-state index contributed by atoms with van der Waals surface area (Å²) >= 11 is 1.33. The molecular formula is C21H21F2N5OS. The molecule has 0 bridgehead atoms. The average molecular weight is 429 g/mol. The zero-order chi connectivity index (χ0) is 21.1. The molecule has 2 N–H and O–H groups in total. The van der Waals surface area contributed by atoms with Gasteiger partial charge in [-0.1, -0.05) is 54.1 Å². The third kappa shape index (κ3) is 3.70. The SMILES string of the molecule is CCc1nnc(N2N=C(c3cc(F)ccc3F)SC2(CCCN)c2ccccc2)o1. The van der Waals surface area contributed by atoms with Crippen molar-refractivity contribution in [1.29, 1.82) is 0 Å². The predicted octanol–water partition coefficient (Wildman–Crippen LogP) is 4.42. The van der Waals surface area contributed by atoms with Gasteiger partial charge in [0.1, 0.15) is 21.5 Å². The Kier molecular flexibility index (Phi) is 5.83. The quantitative estimate of drug-likeness (QED) is 0.599. The second kappa shape index (κ2) is 8.53. The second-order valence-corrected chi connectivity index (χ2v) is 8.08. The van der Waals surface area contributed by atoms with Crippen LogP contribution in [0.5, 0.6) is 0 Å². The maximum Gasteiger partial charge on any atom is 0.340 e. The van der Waals surface area contributed by atoms with Gasteiger partial charge in [0.05, 0.1) is 0 Å². The summed E-state index contributed by atoms with van der Waals surface area (Å²) in [4.78, 5) is -0.785. The normalized spacial score (nSPS) is 18.7. The smallest absolute Gasteiger partial charge is 0.340 e. The molecule has 1 aliphatic heterocycles. The summed E-state index contributed by atoms with van der Waals surface area (Å²) in [5.41, 5.74) is 6.83. The fourth-order valence-corrected chi connectivity index (χ4v) is 4.77. The first-order valence-electron chi connectivity index (χ1n) is 9.68. The van der Waals surface area contributed by atoms with E-state index < -0.39 is 16.5 Å². The fourth-order valence-electron chi connectivity index (χ4n) is 3.36. The molecule has 1 aromatic heterocycles. The Morgan fingerprint density at radius 1 is 1.13 bits per heavy atom. The molecule has 0 aliphatic carbocycles. The van der Waals surface area contributed by atoms with E-state index in [0.29, 0.717) is 36.7 Å². The van der Waals surface area contributed by atoms with Crippen LogP contribution in [-0.4, -0.2) is 21.8 Å². The summed E-state index contributed by atoms with van der Waals surface area (Å²) in [5.74, 6) is -0.618. The Balaban J connectivity index is 1.87. The molecule has 3 aromatic rings. The van der Waals surface area contributed by atoms with Crippen molar-refractivity contribution in [3.63, 3.8) is 0 Å². The lowest BCUT2D eigenvalue weighted by Gasteiger charge is -2.34. The minimum Gasteiger partial charge on any atom is -0.407 e. The van der Waals surface area contributed by atoms with Gasteiger partial charge in [-0.05, 0) is 43.1 Å². The number of halogens is 2. The standard InChI is InChI=1S/C21H21F2N5OS/c1-2-18-25-26-20(29-18)28-21(11-6-12-24,14-7-4-3-5-8-14)30-19(27-28)16-13-15(22)9-10-17(16)23/h3-5,7-10,13H,2,6,11-12,24H2,1H3. The topological polar surface area (TPSA) is 80.5 Å². The van der Waals surface area contributed by atoms with Gasteiger partial charge in [0, 0.05) is 12.0 Å². The number of nitrogens with two attached hydrogens (primary N) is 1. The van der Waals surface area contributed by atoms with Crippen LogP contribution in [-0.2, 0) is 11.3 Å². The van der Waals surface area contributed by atoms with Crippen molar-refractivity contribution in [2.45, 2.75) is 31.1 Å². The molecule has 0 amide bonds. The minimum absolute atomic E-state index is 0.0887. The lowest BCUT2D eigenvalue weighted by atomic mass is 10.0. The first kappa shape index (κ1) is 20.5. The Bertz CT molecular complexity index is 1060. The van der Waals surface area contributed by atoms with E-state index in [9.17, 15) is 8.78 Å². The Hall–Kier alpha value is -2.78. The minimum atomic E-state index is -0.785. The number of rotatable bonds is 7. The Morgan fingerprint density at radius 3 is 2.63 bits per heavy atom. The van der Waals surface area contributed by atoms with Crippen LogP contribution in [0.25, 0.3) is 0 Å². The largest absolute Gasteiger partial charge is 0.407 e. The van der Waals surface area contributed by atoms with Gasteiger partial charge in [0.25, 0.3) is 0 Å². The lowest BCUT2D eigenvalue weighted by Crippen LogP contribution is -2.38. The highest BCUT2D eigenvalue weighted by Crippen LogP contribution is 2.51. The van der Waals surface area contributed by atoms with Crippen LogP contribution in [0.3, 0.4) is 0 Å². The van der Waals surface area contributed by atoms with Gasteiger partial charge in [0.15, 0.2) is 0 Å². The zero-order valence-electron chi connectivity index (χ0n) is 16.4. The molecule has 9 heteroatoms. The molecule has 2 aromatic carbocycles. The molecule has 4 rings (SSSR count). The van der Waals surface area contributed by atoms with Crippen molar-refractivity contribution >= 4 is 22.8 Å². The van der Waals surface area contributed by atoms with Crippen LogP contribution in [0.2, 0.25) is 0 Å². The number of thioether (sulfide) groups is 1. The summed E-state index contributed by atoms with van der Waals surface area (Å²) < 4.78 is 34.2. The molecule has 0 spiro atoms. The third-order valence-electron chi connectivity index (χ3n) is 4.84. The number of hydrazone groups is 1. The zero-order valence-corrected chi connectivity index (χ0v) is 17.2. The van der Waals surface area contributed by atoms with Crippen LogP contribution in [0.15, 0.2) is 58.0 Å². The monoisotopic (exact) mass is 429 g/mol. The summed E-state index contributed by atoms with van der Waals surface area (Å²) in [7, 11) is 0. The van der Waals surface area contributed by atoms with Gasteiger partial charge >= 0.3 is 6.01 Å². The van der Waals surface area contributed by atoms with Crippen molar-refractivity contribution in [1.82, 2.24) is 10.2 Å². The van der Waals surface area contributed by atoms with Crippen LogP contribution in [0, 0.1) is 11.6 Å². The number of anilines is 1. The number of nitrogens with zero attached hydrogens (tertiary/aromatic N) is 4. The van der Waals surface area contributed by atoms with E-state index >= 15 is 0 Å². The molecule has 30 heavy (non-hydrogen) atoms. The van der Waals surface area contributed by atoms with Gasteiger partial charge < -0.3 is 10.2 Å². The van der Waals surface area contributed by atoms with E-state index in [1.165, 1.54) is 11.8 Å². The van der Waals surface area contributed by atoms with E-state index in [4.69, 9.17) is 10.2 Å². The molecule has 1 atom stereocenters. The highest BCUT2D eigenvalue weighted by molar-refractivity contribution is 8.15. The molecule has 0 saturated heterocycles. The maximum atomic E-state index is 14.6. The maximum absolute atomic E-state index is 14.6. The van der Waals surface area contributed by atoms with Crippen LogP contribution < -0.4 is 10.7 Å². The van der Waals surface area contributed by atoms with Crippen molar-refractivity contribution in [3.05, 3.63) is 77.2 Å². The summed E-state index contributed by atoms with van der Waals surface area (Å²) in [6.07, 6.45) is 1.85. The van der Waals surface area contributed by atoms with E-state index in [0.717, 1.165) is 23.8 Å². The number of hydrogen-bond acceptors (Lipinski definition) is 7. The van der Waals surface area contributed by atoms with Gasteiger partial charge in [0.2, 0.25) is 5.89 Å². The molecule has 156 valence electrons. The summed E-state index contributed by atoms with van der Waals surface area (Å²) in [6, 6.07) is 13.2. The third-order valence-corrected chi connectivity index (χ3v) is 6.29. The predicted molar refractivity (Wildman–Crippen MR) is 113 cm³/mol. The molecule has 1 unspecified atom stereocenters. The highest BCUT2D eigenvalue weighted by atomic mass is 32.2. The molecule has 0 saturated carbocycles. The van der Waals surface area contributed by atoms with Crippen LogP contribution in [0.1, 0.15) is 36.8 Å². The van der Waals surface area contributed by atoms with Gasteiger partial charge in [-0.3, -0.25) is 0 Å². The molecule has 1 aliphatic rings. The second-order valence-electron chi connectivity index (χ2n) is 6.82. The van der Waals surface area contributed by atoms with Gasteiger partial charge in [-0.2, -0.15) is 10.1 Å². The Labute approximate surface area is 177 Å². The van der Waals surface area contributed by atoms with E-state index in [1.807, 2.05) is 37.3 Å². The number of hydrogen-bond donors (Lipinski definition) is 1. The van der Waals surface area contributed by atoms with Crippen molar-refractivity contribution in [3.8, 4) is 0 Å². The molecule has 0 fully saturated rings. The average Bonchev–Trinajstić information content (AvgIpc) is 3.40. The van der Waals surface area contributed by atoms with Crippen LogP contribution >= 0.6 is 11.8 Å². The van der Waals surface area contributed by atoms with Crippen molar-refractivity contribution < 1.29 is 13.2 Å². The first-order chi connectivity index (χ1) is 14.6. The van der Waals surface area contributed by atoms with Crippen molar-refractivity contribution in [2.24, 2.45) is 10.8 Å². The van der Waals surface area contributed by atoms with E-state index in [-0.39, 0.29) is 11.6 Å². The van der Waals surface area contributed by atoms with E-state index in [1.54, 1.807) is 5.01 Å². The van der Waals surface area contributed by atoms with Crippen LogP contribution in [0.4, 0.5) is 14.8 Å². The van der Waals surface area contributed by atoms with E-state index in [2.05, 4.69) is 15.3 Å². The Morgan fingerprint density at radius 2 is 1.93 bits per heavy atom. The first-order valence-corrected chi connectivity index (χ1v) is 10.5. The lowest BCUT2D eigenvalue weighted by molar-refractivity contribution is 0.442. The van der Waals surface area contributed by atoms with Gasteiger partial charge in [-0.25, -0.2) is 8.78 Å². The molecule has 0 radical (unpaired) electrons. The number of aromatic nitrogens is 2. The van der Waals surface area contributed by atoms with Crippen molar-refractivity contribution in [2.75, 3.05) is 11.6 Å². The fraction of sp³-hybridized carbons (Fsp3) is 0.286. The number of aryl methyl sites for hydroxylation is 1. The summed E-state index contributed by atoms with van der Waals surface area (Å²) in [5, 5.41) is 14.8. The number of benzene rings is 2.